The van der Waals surface area contributed by atoms with Crippen molar-refractivity contribution < 1.29 is 4.52 Å². The van der Waals surface area contributed by atoms with Crippen LogP contribution in [0.3, 0.4) is 0 Å². The molecule has 0 unspecified atom stereocenters. The Hall–Kier alpha value is -0.990. The fraction of sp³-hybridized carbons (Fsp3) is 0.625. The molecule has 2 N–H and O–H groups in total. The van der Waals surface area contributed by atoms with Gasteiger partial charge in [-0.15, -0.1) is 0 Å². The predicted molar refractivity (Wildman–Crippen MR) is 42.1 cm³/mol. The van der Waals surface area contributed by atoms with E-state index in [1.165, 1.54) is 19.3 Å². The zero-order valence-corrected chi connectivity index (χ0v) is 6.63. The average Bonchev–Trinajstić information content (AvgIpc) is 2.30. The fourth-order valence-electron chi connectivity index (χ4n) is 1.67. The lowest BCUT2D eigenvalue weighted by molar-refractivity contribution is 0.270. The molecule has 0 radical (unpaired) electrons. The Morgan fingerprint density at radius 1 is 1.64 bits per heavy atom. The lowest BCUT2D eigenvalue weighted by Crippen LogP contribution is -2.30. The van der Waals surface area contributed by atoms with E-state index in [2.05, 4.69) is 12.1 Å². The van der Waals surface area contributed by atoms with E-state index in [4.69, 9.17) is 10.3 Å². The molecular weight excluding hydrogens is 140 g/mol. The van der Waals surface area contributed by atoms with Crippen LogP contribution in [0.5, 0.6) is 0 Å². The van der Waals surface area contributed by atoms with Crippen LogP contribution in [-0.2, 0) is 5.41 Å². The summed E-state index contributed by atoms with van der Waals surface area (Å²) in [5.41, 5.74) is 6.97. The SMILES string of the molecule is CC1(c2conc2N)CCC1. The molecule has 1 heterocycles. The van der Waals surface area contributed by atoms with Crippen molar-refractivity contribution in [2.24, 2.45) is 0 Å². The van der Waals surface area contributed by atoms with Crippen molar-refractivity contribution >= 4 is 5.82 Å². The number of nitrogens with two attached hydrogens (primary N) is 1. The Morgan fingerprint density at radius 3 is 2.73 bits per heavy atom. The molecular formula is C8H12N2O. The fourth-order valence-corrected chi connectivity index (χ4v) is 1.67. The summed E-state index contributed by atoms with van der Waals surface area (Å²) in [7, 11) is 0. The molecule has 1 aliphatic rings. The molecule has 1 aromatic rings. The van der Waals surface area contributed by atoms with E-state index >= 15 is 0 Å². The van der Waals surface area contributed by atoms with Crippen LogP contribution in [0.2, 0.25) is 0 Å². The number of anilines is 1. The van der Waals surface area contributed by atoms with Gasteiger partial charge in [-0.1, -0.05) is 18.5 Å². The normalized spacial score (nSPS) is 21.2. The third-order valence-corrected chi connectivity index (χ3v) is 2.70. The van der Waals surface area contributed by atoms with Crippen LogP contribution >= 0.6 is 0 Å². The molecule has 3 heteroatoms. The highest BCUT2D eigenvalue weighted by Gasteiger charge is 2.36. The maximum absolute atomic E-state index is 5.63. The molecule has 1 aromatic heterocycles. The van der Waals surface area contributed by atoms with Crippen LogP contribution in [0.4, 0.5) is 5.82 Å². The van der Waals surface area contributed by atoms with E-state index in [-0.39, 0.29) is 5.41 Å². The van der Waals surface area contributed by atoms with Gasteiger partial charge in [-0.25, -0.2) is 0 Å². The van der Waals surface area contributed by atoms with Gasteiger partial charge in [-0.2, -0.15) is 0 Å². The van der Waals surface area contributed by atoms with Crippen molar-refractivity contribution in [2.75, 3.05) is 5.73 Å². The van der Waals surface area contributed by atoms with Gasteiger partial charge in [-0.3, -0.25) is 0 Å². The van der Waals surface area contributed by atoms with E-state index < -0.39 is 0 Å². The molecule has 0 aromatic carbocycles. The van der Waals surface area contributed by atoms with Gasteiger partial charge in [0, 0.05) is 5.56 Å². The number of aromatic nitrogens is 1. The second-order valence-electron chi connectivity index (χ2n) is 3.53. The van der Waals surface area contributed by atoms with Crippen molar-refractivity contribution in [1.82, 2.24) is 5.16 Å². The third kappa shape index (κ3) is 0.836. The zero-order chi connectivity index (χ0) is 7.90. The zero-order valence-electron chi connectivity index (χ0n) is 6.63. The number of hydrogen-bond donors (Lipinski definition) is 1. The Labute approximate surface area is 65.6 Å². The predicted octanol–water partition coefficient (Wildman–Crippen LogP) is 1.70. The van der Waals surface area contributed by atoms with E-state index in [9.17, 15) is 0 Å². The lowest BCUT2D eigenvalue weighted by Gasteiger charge is -2.37. The van der Waals surface area contributed by atoms with Crippen molar-refractivity contribution in [1.29, 1.82) is 0 Å². The molecule has 1 fully saturated rings. The first kappa shape index (κ1) is 6.70. The minimum Gasteiger partial charge on any atom is -0.381 e. The van der Waals surface area contributed by atoms with E-state index in [0.717, 1.165) is 5.56 Å². The summed E-state index contributed by atoms with van der Waals surface area (Å²) in [6.45, 7) is 2.21. The minimum absolute atomic E-state index is 0.254. The van der Waals surface area contributed by atoms with E-state index in [1.54, 1.807) is 6.26 Å². The largest absolute Gasteiger partial charge is 0.381 e. The highest BCUT2D eigenvalue weighted by atomic mass is 16.5. The first-order valence-corrected chi connectivity index (χ1v) is 3.93. The van der Waals surface area contributed by atoms with Gasteiger partial charge in [0.15, 0.2) is 5.82 Å². The van der Waals surface area contributed by atoms with E-state index in [0.29, 0.717) is 5.82 Å². The van der Waals surface area contributed by atoms with E-state index in [1.807, 2.05) is 0 Å². The van der Waals surface area contributed by atoms with Gasteiger partial charge in [-0.05, 0) is 18.3 Å². The van der Waals surface area contributed by atoms with Gasteiger partial charge < -0.3 is 10.3 Å². The monoisotopic (exact) mass is 152 g/mol. The summed E-state index contributed by atoms with van der Waals surface area (Å²) in [6, 6.07) is 0. The van der Waals surface area contributed by atoms with Crippen LogP contribution in [-0.4, -0.2) is 5.16 Å². The lowest BCUT2D eigenvalue weighted by atomic mass is 9.67. The molecule has 1 aliphatic carbocycles. The van der Waals surface area contributed by atoms with Crippen LogP contribution in [0, 0.1) is 0 Å². The first-order valence-electron chi connectivity index (χ1n) is 3.93. The van der Waals surface area contributed by atoms with Crippen molar-refractivity contribution in [3.8, 4) is 0 Å². The molecule has 1 saturated carbocycles. The van der Waals surface area contributed by atoms with Crippen LogP contribution in [0.1, 0.15) is 31.7 Å². The molecule has 60 valence electrons. The summed E-state index contributed by atoms with van der Waals surface area (Å²) in [6.07, 6.45) is 5.38. The second-order valence-corrected chi connectivity index (χ2v) is 3.53. The highest BCUT2D eigenvalue weighted by molar-refractivity contribution is 5.42. The van der Waals surface area contributed by atoms with Gasteiger partial charge in [0.2, 0.25) is 0 Å². The molecule has 11 heavy (non-hydrogen) atoms. The average molecular weight is 152 g/mol. The first-order chi connectivity index (χ1) is 5.22. The van der Waals surface area contributed by atoms with Crippen LogP contribution < -0.4 is 5.73 Å². The molecule has 0 bridgehead atoms. The summed E-state index contributed by atoms with van der Waals surface area (Å²) in [4.78, 5) is 0. The smallest absolute Gasteiger partial charge is 0.170 e. The Balaban J connectivity index is 2.35. The van der Waals surface area contributed by atoms with Crippen molar-refractivity contribution in [2.45, 2.75) is 31.6 Å². The number of nitrogen functional groups attached to an aromatic ring is 1. The van der Waals surface area contributed by atoms with Gasteiger partial charge >= 0.3 is 0 Å². The maximum atomic E-state index is 5.63. The molecule has 0 aliphatic heterocycles. The maximum Gasteiger partial charge on any atom is 0.170 e. The molecule has 0 spiro atoms. The molecule has 0 saturated heterocycles. The summed E-state index contributed by atoms with van der Waals surface area (Å²) >= 11 is 0. The highest BCUT2D eigenvalue weighted by Crippen LogP contribution is 2.44. The number of rotatable bonds is 1. The molecule has 0 amide bonds. The number of nitrogens with zero attached hydrogens (tertiary/aromatic N) is 1. The Bertz CT molecular complexity index is 263. The van der Waals surface area contributed by atoms with Crippen molar-refractivity contribution in [3.05, 3.63) is 11.8 Å². The topological polar surface area (TPSA) is 52.0 Å². The molecule has 2 rings (SSSR count). The molecule has 3 nitrogen and oxygen atoms in total. The second kappa shape index (κ2) is 2.00. The number of hydrogen-bond acceptors (Lipinski definition) is 3. The summed E-state index contributed by atoms with van der Waals surface area (Å²) in [5, 5.41) is 3.67. The third-order valence-electron chi connectivity index (χ3n) is 2.70. The summed E-state index contributed by atoms with van der Waals surface area (Å²) in [5.74, 6) is 0.562. The summed E-state index contributed by atoms with van der Waals surface area (Å²) < 4.78 is 4.79. The quantitative estimate of drug-likeness (QED) is 0.666. The Kier molecular flexibility index (Phi) is 1.22. The Morgan fingerprint density at radius 2 is 2.36 bits per heavy atom. The molecule has 0 atom stereocenters. The van der Waals surface area contributed by atoms with Crippen molar-refractivity contribution in [3.63, 3.8) is 0 Å². The minimum atomic E-state index is 0.254. The van der Waals surface area contributed by atoms with Crippen LogP contribution in [0.25, 0.3) is 0 Å². The van der Waals surface area contributed by atoms with Gasteiger partial charge in [0.25, 0.3) is 0 Å². The van der Waals surface area contributed by atoms with Crippen LogP contribution in [0.15, 0.2) is 10.8 Å². The van der Waals surface area contributed by atoms with Gasteiger partial charge in [0.05, 0.1) is 0 Å². The standard InChI is InChI=1S/C8H12N2O/c1-8(3-2-4-8)6-5-11-10-7(6)9/h5H,2-4H2,1H3,(H2,9,10). The van der Waals surface area contributed by atoms with Gasteiger partial charge in [0.1, 0.15) is 6.26 Å².